The number of aliphatic hydroxyl groups excluding tert-OH is 1. The van der Waals surface area contributed by atoms with Crippen molar-refractivity contribution in [3.05, 3.63) is 24.4 Å². The summed E-state index contributed by atoms with van der Waals surface area (Å²) in [4.78, 5) is 21.3. The summed E-state index contributed by atoms with van der Waals surface area (Å²) in [7, 11) is 0. The zero-order valence-corrected chi connectivity index (χ0v) is 14.2. The molecule has 6 heteroatoms. The number of anilines is 1. The van der Waals surface area contributed by atoms with E-state index in [2.05, 4.69) is 15.2 Å². The van der Waals surface area contributed by atoms with Crippen molar-refractivity contribution in [2.75, 3.05) is 31.1 Å². The van der Waals surface area contributed by atoms with Crippen LogP contribution in [-0.4, -0.2) is 59.3 Å². The van der Waals surface area contributed by atoms with Gasteiger partial charge in [-0.15, -0.1) is 0 Å². The molecule has 3 heterocycles. The number of aliphatic hydroxyl groups is 1. The molecule has 2 unspecified atom stereocenters. The van der Waals surface area contributed by atoms with E-state index in [0.29, 0.717) is 6.42 Å². The summed E-state index contributed by atoms with van der Waals surface area (Å²) in [5, 5.41) is 12.4. The van der Waals surface area contributed by atoms with Crippen molar-refractivity contribution < 1.29 is 9.90 Å². The lowest BCUT2D eigenvalue weighted by Crippen LogP contribution is -2.55. The molecule has 2 atom stereocenters. The van der Waals surface area contributed by atoms with E-state index < -0.39 is 0 Å². The summed E-state index contributed by atoms with van der Waals surface area (Å²) in [5.41, 5.74) is 0. The summed E-state index contributed by atoms with van der Waals surface area (Å²) < 4.78 is 0. The number of hydrogen-bond acceptors (Lipinski definition) is 4. The van der Waals surface area contributed by atoms with Gasteiger partial charge in [-0.25, -0.2) is 9.78 Å². The molecule has 2 saturated heterocycles. The molecule has 2 aliphatic rings. The Hall–Kier alpha value is -1.82. The topological polar surface area (TPSA) is 68.7 Å². The van der Waals surface area contributed by atoms with Crippen molar-refractivity contribution in [3.63, 3.8) is 0 Å². The second-order valence-electron chi connectivity index (χ2n) is 6.78. The van der Waals surface area contributed by atoms with E-state index in [4.69, 9.17) is 0 Å². The predicted octanol–water partition coefficient (Wildman–Crippen LogP) is 2.00. The van der Waals surface area contributed by atoms with Gasteiger partial charge in [-0.05, 0) is 50.7 Å². The van der Waals surface area contributed by atoms with Gasteiger partial charge in [0.05, 0.1) is 0 Å². The highest BCUT2D eigenvalue weighted by atomic mass is 16.3. The number of nitrogens with zero attached hydrogens (tertiary/aromatic N) is 3. The van der Waals surface area contributed by atoms with Crippen molar-refractivity contribution in [1.82, 2.24) is 15.2 Å². The highest BCUT2D eigenvalue weighted by Crippen LogP contribution is 2.21. The van der Waals surface area contributed by atoms with Gasteiger partial charge < -0.3 is 20.2 Å². The Morgan fingerprint density at radius 2 is 2.17 bits per heavy atom. The third-order valence-corrected chi connectivity index (χ3v) is 5.07. The van der Waals surface area contributed by atoms with Gasteiger partial charge in [0.15, 0.2) is 0 Å². The molecule has 3 rings (SSSR count). The fourth-order valence-electron chi connectivity index (χ4n) is 3.82. The minimum Gasteiger partial charge on any atom is -0.396 e. The van der Waals surface area contributed by atoms with Crippen LogP contribution in [-0.2, 0) is 0 Å². The van der Waals surface area contributed by atoms with E-state index in [1.807, 2.05) is 29.3 Å². The Balaban J connectivity index is 1.57. The molecule has 0 aromatic carbocycles. The molecule has 2 N–H and O–H groups in total. The second-order valence-corrected chi connectivity index (χ2v) is 6.78. The van der Waals surface area contributed by atoms with E-state index in [1.54, 1.807) is 0 Å². The first-order valence-corrected chi connectivity index (χ1v) is 9.12. The lowest BCUT2D eigenvalue weighted by molar-refractivity contribution is 0.129. The number of aromatic nitrogens is 1. The van der Waals surface area contributed by atoms with Gasteiger partial charge in [-0.1, -0.05) is 6.07 Å². The molecule has 0 aliphatic carbocycles. The lowest BCUT2D eigenvalue weighted by Gasteiger charge is -2.39. The zero-order chi connectivity index (χ0) is 16.8. The van der Waals surface area contributed by atoms with Gasteiger partial charge in [-0.3, -0.25) is 0 Å². The maximum atomic E-state index is 12.7. The van der Waals surface area contributed by atoms with E-state index in [1.165, 1.54) is 0 Å². The zero-order valence-electron chi connectivity index (χ0n) is 14.2. The normalized spacial score (nSPS) is 24.7. The molecule has 6 nitrogen and oxygen atoms in total. The number of likely N-dealkylation sites (tertiary alicyclic amines) is 1. The molecule has 0 spiro atoms. The molecule has 0 bridgehead atoms. The highest BCUT2D eigenvalue weighted by molar-refractivity contribution is 5.75. The van der Waals surface area contributed by atoms with Crippen LogP contribution in [0.2, 0.25) is 0 Å². The standard InChI is InChI=1S/C18H28N4O2/c23-13-9-16-7-2-4-12-22(16)18(24)20-15-6-5-11-21(14-15)17-8-1-3-10-19-17/h1,3,8,10,15-16,23H,2,4-7,9,11-14H2,(H,20,24). The molecule has 2 aliphatic heterocycles. The molecule has 0 radical (unpaired) electrons. The molecule has 2 fully saturated rings. The van der Waals surface area contributed by atoms with Crippen LogP contribution in [0.25, 0.3) is 0 Å². The first-order chi connectivity index (χ1) is 11.8. The molecule has 1 aromatic heterocycles. The Kier molecular flexibility index (Phi) is 5.91. The maximum absolute atomic E-state index is 12.7. The van der Waals surface area contributed by atoms with Crippen LogP contribution in [0.5, 0.6) is 0 Å². The second kappa shape index (κ2) is 8.33. The van der Waals surface area contributed by atoms with Gasteiger partial charge in [0.25, 0.3) is 0 Å². The van der Waals surface area contributed by atoms with E-state index in [-0.39, 0.29) is 24.7 Å². The fraction of sp³-hybridized carbons (Fsp3) is 0.667. The number of carbonyl (C=O) groups excluding carboxylic acids is 1. The van der Waals surface area contributed by atoms with Crippen LogP contribution in [0.3, 0.4) is 0 Å². The number of piperidine rings is 2. The number of rotatable bonds is 4. The van der Waals surface area contributed by atoms with Gasteiger partial charge >= 0.3 is 6.03 Å². The van der Waals surface area contributed by atoms with Crippen molar-refractivity contribution >= 4 is 11.8 Å². The number of amides is 2. The molecule has 132 valence electrons. The van der Waals surface area contributed by atoms with Crippen LogP contribution < -0.4 is 10.2 Å². The summed E-state index contributed by atoms with van der Waals surface area (Å²) in [6, 6.07) is 6.30. The Morgan fingerprint density at radius 1 is 1.25 bits per heavy atom. The Bertz CT molecular complexity index is 523. The van der Waals surface area contributed by atoms with E-state index >= 15 is 0 Å². The van der Waals surface area contributed by atoms with Gasteiger partial charge in [0.1, 0.15) is 5.82 Å². The minimum absolute atomic E-state index is 0.0287. The fourth-order valence-corrected chi connectivity index (χ4v) is 3.82. The quantitative estimate of drug-likeness (QED) is 0.885. The highest BCUT2D eigenvalue weighted by Gasteiger charge is 2.29. The van der Waals surface area contributed by atoms with Crippen LogP contribution in [0, 0.1) is 0 Å². The molecule has 0 saturated carbocycles. The Labute approximate surface area is 143 Å². The summed E-state index contributed by atoms with van der Waals surface area (Å²) >= 11 is 0. The van der Waals surface area contributed by atoms with Crippen LogP contribution in [0.4, 0.5) is 10.6 Å². The van der Waals surface area contributed by atoms with Crippen molar-refractivity contribution in [2.24, 2.45) is 0 Å². The third-order valence-electron chi connectivity index (χ3n) is 5.07. The number of pyridine rings is 1. The molecular formula is C18H28N4O2. The summed E-state index contributed by atoms with van der Waals surface area (Å²) in [5.74, 6) is 0.979. The van der Waals surface area contributed by atoms with E-state index in [0.717, 1.165) is 57.6 Å². The minimum atomic E-state index is 0.0287. The average molecular weight is 332 g/mol. The van der Waals surface area contributed by atoms with Crippen molar-refractivity contribution in [3.8, 4) is 0 Å². The van der Waals surface area contributed by atoms with Gasteiger partial charge in [0.2, 0.25) is 0 Å². The number of hydrogen-bond donors (Lipinski definition) is 2. The summed E-state index contributed by atoms with van der Waals surface area (Å²) in [6.07, 6.45) is 7.75. The van der Waals surface area contributed by atoms with Gasteiger partial charge in [-0.2, -0.15) is 0 Å². The third kappa shape index (κ3) is 4.17. The predicted molar refractivity (Wildman–Crippen MR) is 94.1 cm³/mol. The maximum Gasteiger partial charge on any atom is 0.317 e. The number of urea groups is 1. The smallest absolute Gasteiger partial charge is 0.317 e. The molecule has 1 aromatic rings. The first kappa shape index (κ1) is 17.0. The SMILES string of the molecule is O=C(NC1CCCN(c2ccccn2)C1)N1CCCCC1CCO. The van der Waals surface area contributed by atoms with E-state index in [9.17, 15) is 9.90 Å². The largest absolute Gasteiger partial charge is 0.396 e. The molecule has 2 amide bonds. The van der Waals surface area contributed by atoms with Crippen molar-refractivity contribution in [1.29, 1.82) is 0 Å². The monoisotopic (exact) mass is 332 g/mol. The van der Waals surface area contributed by atoms with Crippen molar-refractivity contribution in [2.45, 2.75) is 50.6 Å². The number of carbonyl (C=O) groups is 1. The first-order valence-electron chi connectivity index (χ1n) is 9.12. The molecular weight excluding hydrogens is 304 g/mol. The van der Waals surface area contributed by atoms with Crippen LogP contribution in [0.15, 0.2) is 24.4 Å². The average Bonchev–Trinajstić information content (AvgIpc) is 2.63. The Morgan fingerprint density at radius 3 is 2.96 bits per heavy atom. The lowest BCUT2D eigenvalue weighted by atomic mass is 10.00. The van der Waals surface area contributed by atoms with Crippen LogP contribution in [0.1, 0.15) is 38.5 Å². The molecule has 24 heavy (non-hydrogen) atoms. The summed E-state index contributed by atoms with van der Waals surface area (Å²) in [6.45, 7) is 2.74. The van der Waals surface area contributed by atoms with Crippen LogP contribution >= 0.6 is 0 Å². The number of nitrogens with one attached hydrogen (secondary N) is 1. The van der Waals surface area contributed by atoms with Gasteiger partial charge in [0, 0.05) is 44.5 Å².